The van der Waals surface area contributed by atoms with Crippen LogP contribution in [0.2, 0.25) is 0 Å². The molecule has 82 valence electrons. The first-order chi connectivity index (χ1) is 7.27. The molecule has 0 atom stereocenters. The van der Waals surface area contributed by atoms with E-state index in [4.69, 9.17) is 0 Å². The van der Waals surface area contributed by atoms with Gasteiger partial charge in [-0.1, -0.05) is 25.2 Å². The second kappa shape index (κ2) is 4.65. The molecular formula is C13H19NO. The summed E-state index contributed by atoms with van der Waals surface area (Å²) in [5, 5.41) is 0. The zero-order valence-electron chi connectivity index (χ0n) is 9.41. The minimum absolute atomic E-state index is 0.270. The molecule has 0 unspecified atom stereocenters. The van der Waals surface area contributed by atoms with Crippen LogP contribution >= 0.6 is 0 Å². The number of nitrogens with zero attached hydrogens (tertiary/aromatic N) is 1. The molecule has 0 bridgehead atoms. The lowest BCUT2D eigenvalue weighted by atomic mass is 9.97. The highest BCUT2D eigenvalue weighted by Crippen LogP contribution is 2.20. The smallest absolute Gasteiger partial charge is 0.249 e. The summed E-state index contributed by atoms with van der Waals surface area (Å²) in [6, 6.07) is 0. The number of hydrogen-bond acceptors (Lipinski definition) is 1. The third-order valence-electron chi connectivity index (χ3n) is 3.36. The SMILES string of the molecule is CC1CCN(C(=O)C2=CC=CCC2)CC1. The maximum absolute atomic E-state index is 12.1. The third kappa shape index (κ3) is 2.49. The molecule has 0 aromatic carbocycles. The summed E-state index contributed by atoms with van der Waals surface area (Å²) in [7, 11) is 0. The van der Waals surface area contributed by atoms with Gasteiger partial charge in [0.2, 0.25) is 5.91 Å². The van der Waals surface area contributed by atoms with Gasteiger partial charge in [-0.2, -0.15) is 0 Å². The predicted octanol–water partition coefficient (Wildman–Crippen LogP) is 2.52. The fourth-order valence-electron chi connectivity index (χ4n) is 2.20. The number of rotatable bonds is 1. The maximum atomic E-state index is 12.1. The molecule has 1 aliphatic carbocycles. The van der Waals surface area contributed by atoms with Crippen LogP contribution in [-0.2, 0) is 4.79 Å². The molecule has 1 amide bonds. The normalized spacial score (nSPS) is 22.7. The molecule has 15 heavy (non-hydrogen) atoms. The van der Waals surface area contributed by atoms with Crippen molar-refractivity contribution < 1.29 is 4.79 Å². The Morgan fingerprint density at radius 3 is 2.73 bits per heavy atom. The van der Waals surface area contributed by atoms with Gasteiger partial charge in [-0.25, -0.2) is 0 Å². The predicted molar refractivity (Wildman–Crippen MR) is 61.4 cm³/mol. The molecule has 0 spiro atoms. The molecule has 0 radical (unpaired) electrons. The number of hydrogen-bond donors (Lipinski definition) is 0. The van der Waals surface area contributed by atoms with Crippen LogP contribution in [-0.4, -0.2) is 23.9 Å². The average molecular weight is 205 g/mol. The van der Waals surface area contributed by atoms with Crippen molar-refractivity contribution in [3.63, 3.8) is 0 Å². The van der Waals surface area contributed by atoms with E-state index >= 15 is 0 Å². The van der Waals surface area contributed by atoms with Gasteiger partial charge in [0.1, 0.15) is 0 Å². The van der Waals surface area contributed by atoms with Gasteiger partial charge < -0.3 is 4.90 Å². The Hall–Kier alpha value is -1.05. The summed E-state index contributed by atoms with van der Waals surface area (Å²) in [6.07, 6.45) is 10.4. The molecule has 2 nitrogen and oxygen atoms in total. The van der Waals surface area contributed by atoms with E-state index in [0.717, 1.165) is 50.3 Å². The fourth-order valence-corrected chi connectivity index (χ4v) is 2.20. The van der Waals surface area contributed by atoms with Crippen molar-refractivity contribution in [3.8, 4) is 0 Å². The lowest BCUT2D eigenvalue weighted by molar-refractivity contribution is -0.128. The third-order valence-corrected chi connectivity index (χ3v) is 3.36. The Kier molecular flexibility index (Phi) is 3.24. The lowest BCUT2D eigenvalue weighted by Crippen LogP contribution is -2.38. The summed E-state index contributed by atoms with van der Waals surface area (Å²) < 4.78 is 0. The number of amides is 1. The average Bonchev–Trinajstić information content (AvgIpc) is 2.30. The molecule has 2 heteroatoms. The van der Waals surface area contributed by atoms with Crippen molar-refractivity contribution in [3.05, 3.63) is 23.8 Å². The zero-order chi connectivity index (χ0) is 10.7. The molecule has 1 saturated heterocycles. The van der Waals surface area contributed by atoms with Crippen LogP contribution in [0.3, 0.4) is 0 Å². The maximum Gasteiger partial charge on any atom is 0.249 e. The molecule has 1 aliphatic heterocycles. The van der Waals surface area contributed by atoms with Crippen LogP contribution in [0.1, 0.15) is 32.6 Å². The molecule has 0 aromatic heterocycles. The number of likely N-dealkylation sites (tertiary alicyclic amines) is 1. The van der Waals surface area contributed by atoms with Crippen molar-refractivity contribution in [2.24, 2.45) is 5.92 Å². The van der Waals surface area contributed by atoms with Crippen LogP contribution in [0.15, 0.2) is 23.8 Å². The number of carbonyl (C=O) groups excluding carboxylic acids is 1. The van der Waals surface area contributed by atoms with Crippen LogP contribution < -0.4 is 0 Å². The van der Waals surface area contributed by atoms with Crippen LogP contribution in [0.5, 0.6) is 0 Å². The van der Waals surface area contributed by atoms with E-state index in [1.54, 1.807) is 0 Å². The van der Waals surface area contributed by atoms with Gasteiger partial charge in [-0.3, -0.25) is 4.79 Å². The largest absolute Gasteiger partial charge is 0.339 e. The summed E-state index contributed by atoms with van der Waals surface area (Å²) >= 11 is 0. The number of allylic oxidation sites excluding steroid dienone is 3. The number of piperidine rings is 1. The second-order valence-electron chi connectivity index (χ2n) is 4.63. The Morgan fingerprint density at radius 2 is 2.13 bits per heavy atom. The zero-order valence-corrected chi connectivity index (χ0v) is 9.41. The van der Waals surface area contributed by atoms with Crippen molar-refractivity contribution >= 4 is 5.91 Å². The van der Waals surface area contributed by atoms with E-state index in [0.29, 0.717) is 0 Å². The summed E-state index contributed by atoms with van der Waals surface area (Å²) in [5.41, 5.74) is 0.993. The Morgan fingerprint density at radius 1 is 1.40 bits per heavy atom. The van der Waals surface area contributed by atoms with Crippen molar-refractivity contribution in [1.29, 1.82) is 0 Å². The summed E-state index contributed by atoms with van der Waals surface area (Å²) in [5.74, 6) is 1.06. The minimum atomic E-state index is 0.270. The topological polar surface area (TPSA) is 20.3 Å². The van der Waals surface area contributed by atoms with E-state index in [1.807, 2.05) is 17.1 Å². The van der Waals surface area contributed by atoms with E-state index in [-0.39, 0.29) is 5.91 Å². The highest BCUT2D eigenvalue weighted by atomic mass is 16.2. The van der Waals surface area contributed by atoms with E-state index < -0.39 is 0 Å². The Balaban J connectivity index is 1.96. The van der Waals surface area contributed by atoms with Gasteiger partial charge in [0, 0.05) is 18.7 Å². The molecule has 2 aliphatic rings. The molecule has 0 N–H and O–H groups in total. The Labute approximate surface area is 91.6 Å². The number of carbonyl (C=O) groups is 1. The van der Waals surface area contributed by atoms with E-state index in [9.17, 15) is 4.79 Å². The first-order valence-electron chi connectivity index (χ1n) is 5.92. The summed E-state index contributed by atoms with van der Waals surface area (Å²) in [6.45, 7) is 4.16. The molecule has 1 heterocycles. The molecule has 0 aromatic rings. The van der Waals surface area contributed by atoms with Crippen molar-refractivity contribution in [1.82, 2.24) is 4.90 Å². The van der Waals surface area contributed by atoms with Crippen LogP contribution in [0.25, 0.3) is 0 Å². The van der Waals surface area contributed by atoms with Crippen molar-refractivity contribution in [2.75, 3.05) is 13.1 Å². The van der Waals surface area contributed by atoms with Crippen LogP contribution in [0.4, 0.5) is 0 Å². The molecule has 1 fully saturated rings. The van der Waals surface area contributed by atoms with Crippen LogP contribution in [0, 0.1) is 5.92 Å². The van der Waals surface area contributed by atoms with Gasteiger partial charge >= 0.3 is 0 Å². The standard InChI is InChI=1S/C13H19NO/c1-11-7-9-14(10-8-11)13(15)12-5-3-2-4-6-12/h2-3,5,11H,4,6-10H2,1H3. The highest BCUT2D eigenvalue weighted by molar-refractivity contribution is 5.94. The van der Waals surface area contributed by atoms with E-state index in [1.165, 1.54) is 0 Å². The van der Waals surface area contributed by atoms with Gasteiger partial charge in [0.25, 0.3) is 0 Å². The van der Waals surface area contributed by atoms with Gasteiger partial charge in [-0.15, -0.1) is 0 Å². The molecular weight excluding hydrogens is 186 g/mol. The molecule has 2 rings (SSSR count). The fraction of sp³-hybridized carbons (Fsp3) is 0.615. The highest BCUT2D eigenvalue weighted by Gasteiger charge is 2.22. The quantitative estimate of drug-likeness (QED) is 0.644. The van der Waals surface area contributed by atoms with E-state index in [2.05, 4.69) is 13.0 Å². The van der Waals surface area contributed by atoms with Crippen molar-refractivity contribution in [2.45, 2.75) is 32.6 Å². The Bertz CT molecular complexity index is 296. The minimum Gasteiger partial charge on any atom is -0.339 e. The lowest BCUT2D eigenvalue weighted by Gasteiger charge is -2.31. The second-order valence-corrected chi connectivity index (χ2v) is 4.63. The summed E-state index contributed by atoms with van der Waals surface area (Å²) in [4.78, 5) is 14.1. The van der Waals surface area contributed by atoms with Gasteiger partial charge in [-0.05, 0) is 31.6 Å². The van der Waals surface area contributed by atoms with Gasteiger partial charge in [0.15, 0.2) is 0 Å². The monoisotopic (exact) mass is 205 g/mol. The first kappa shape index (κ1) is 10.5. The molecule has 0 saturated carbocycles. The van der Waals surface area contributed by atoms with Gasteiger partial charge in [0.05, 0.1) is 0 Å². The first-order valence-corrected chi connectivity index (χ1v) is 5.92.